The maximum Gasteiger partial charge on any atom is 0.347 e. The Balaban J connectivity index is 1.84. The average molecular weight is 573 g/mol. The summed E-state index contributed by atoms with van der Waals surface area (Å²) in [5, 5.41) is 16.7. The minimum atomic E-state index is -1.04. The lowest BCUT2D eigenvalue weighted by atomic mass is 9.96. The van der Waals surface area contributed by atoms with Crippen LogP contribution in [0.5, 0.6) is 11.5 Å². The maximum absolute atomic E-state index is 13.7. The Labute approximate surface area is 242 Å². The fourth-order valence-electron chi connectivity index (χ4n) is 4.45. The number of carbonyl (C=O) groups is 1. The Bertz CT molecular complexity index is 1740. The molecule has 0 saturated heterocycles. The normalized spacial score (nSPS) is 12.1. The summed E-state index contributed by atoms with van der Waals surface area (Å²) in [6, 6.07) is 15.0. The molecular weight excluding hydrogens is 540 g/mol. The molecule has 218 valence electrons. The fraction of sp³-hybridized carbons (Fsp3) is 0.290. The van der Waals surface area contributed by atoms with Crippen LogP contribution in [-0.4, -0.2) is 46.6 Å². The Hall–Kier alpha value is -5.06. The molecule has 1 atom stereocenters. The molecule has 11 heteroatoms. The highest BCUT2D eigenvalue weighted by Gasteiger charge is 2.23. The molecule has 11 nitrogen and oxygen atoms in total. The highest BCUT2D eigenvalue weighted by atomic mass is 16.6. The van der Waals surface area contributed by atoms with Crippen LogP contribution in [0.1, 0.15) is 50.3 Å². The van der Waals surface area contributed by atoms with Crippen molar-refractivity contribution < 1.29 is 23.9 Å². The first-order valence-corrected chi connectivity index (χ1v) is 13.4. The number of benzene rings is 3. The van der Waals surface area contributed by atoms with Gasteiger partial charge in [0.15, 0.2) is 17.7 Å². The van der Waals surface area contributed by atoms with E-state index in [1.165, 1.54) is 29.9 Å². The van der Waals surface area contributed by atoms with Crippen LogP contribution in [0.2, 0.25) is 0 Å². The van der Waals surface area contributed by atoms with Crippen LogP contribution < -0.4 is 15.0 Å². The van der Waals surface area contributed by atoms with Crippen LogP contribution in [0.25, 0.3) is 22.3 Å². The Morgan fingerprint density at radius 3 is 2.52 bits per heavy atom. The van der Waals surface area contributed by atoms with E-state index < -0.39 is 22.6 Å². The lowest BCUT2D eigenvalue weighted by molar-refractivity contribution is -0.386. The number of fused-ring (bicyclic) bond motifs is 1. The van der Waals surface area contributed by atoms with Crippen molar-refractivity contribution in [2.75, 3.05) is 13.7 Å². The third-order valence-corrected chi connectivity index (χ3v) is 6.62. The van der Waals surface area contributed by atoms with Gasteiger partial charge in [0.05, 0.1) is 35.8 Å². The first-order valence-electron chi connectivity index (χ1n) is 13.4. The van der Waals surface area contributed by atoms with Crippen LogP contribution >= 0.6 is 0 Å². The van der Waals surface area contributed by atoms with Gasteiger partial charge in [-0.1, -0.05) is 26.0 Å². The average Bonchev–Trinajstić information content (AvgIpc) is 2.96. The highest BCUT2D eigenvalue weighted by Crippen LogP contribution is 2.34. The number of nitrogens with zero attached hydrogens (tertiary/aromatic N) is 4. The van der Waals surface area contributed by atoms with Gasteiger partial charge >= 0.3 is 11.7 Å². The number of ether oxygens (including phenoxy) is 3. The van der Waals surface area contributed by atoms with Gasteiger partial charge in [-0.15, -0.1) is 0 Å². The minimum absolute atomic E-state index is 0.0991. The summed E-state index contributed by atoms with van der Waals surface area (Å²) in [6.45, 7) is 9.25. The molecular formula is C31H32N4O7. The zero-order chi connectivity index (χ0) is 30.6. The summed E-state index contributed by atoms with van der Waals surface area (Å²) in [5.74, 6) is 0.447. The number of rotatable bonds is 10. The Morgan fingerprint density at radius 1 is 1.12 bits per heavy atom. The molecule has 1 heterocycles. The molecule has 0 bridgehead atoms. The predicted molar refractivity (Wildman–Crippen MR) is 160 cm³/mol. The molecule has 0 aliphatic carbocycles. The first kappa shape index (κ1) is 29.9. The van der Waals surface area contributed by atoms with E-state index in [9.17, 15) is 19.7 Å². The van der Waals surface area contributed by atoms with Crippen molar-refractivity contribution in [3.05, 3.63) is 91.8 Å². The summed E-state index contributed by atoms with van der Waals surface area (Å²) >= 11 is 0. The Morgan fingerprint density at radius 2 is 1.86 bits per heavy atom. The van der Waals surface area contributed by atoms with Crippen molar-refractivity contribution in [3.8, 4) is 22.9 Å². The van der Waals surface area contributed by atoms with E-state index in [0.717, 1.165) is 16.9 Å². The second kappa shape index (κ2) is 12.6. The molecule has 4 aromatic rings. The molecule has 42 heavy (non-hydrogen) atoms. The highest BCUT2D eigenvalue weighted by molar-refractivity contribution is 5.83. The molecule has 4 rings (SSSR count). The van der Waals surface area contributed by atoms with Gasteiger partial charge in [0.1, 0.15) is 5.75 Å². The SMILES string of the molecule is CCOC(=O)[C@@H](C)Oc1ccc(C=Nn2c(-c3cc(C(C)C)c(OC)cc3C)nc3ccccc3c2=O)cc1[N+](=O)[O-]. The molecule has 1 aromatic heterocycles. The second-order valence-corrected chi connectivity index (χ2v) is 9.87. The van der Waals surface area contributed by atoms with E-state index in [4.69, 9.17) is 19.2 Å². The monoisotopic (exact) mass is 572 g/mol. The van der Waals surface area contributed by atoms with Gasteiger partial charge in [-0.2, -0.15) is 9.78 Å². The van der Waals surface area contributed by atoms with Crippen molar-refractivity contribution in [1.29, 1.82) is 0 Å². The number of aromatic nitrogens is 2. The lowest BCUT2D eigenvalue weighted by Crippen LogP contribution is -2.26. The zero-order valence-electron chi connectivity index (χ0n) is 24.3. The molecule has 0 radical (unpaired) electrons. The van der Waals surface area contributed by atoms with E-state index in [-0.39, 0.29) is 24.0 Å². The molecule has 0 amide bonds. The topological polar surface area (TPSA) is 135 Å². The molecule has 3 aromatic carbocycles. The number of esters is 1. The Kier molecular flexibility index (Phi) is 8.99. The number of hydrogen-bond donors (Lipinski definition) is 0. The van der Waals surface area contributed by atoms with Crippen LogP contribution in [0.4, 0.5) is 5.69 Å². The van der Waals surface area contributed by atoms with Gasteiger partial charge in [-0.25, -0.2) is 9.78 Å². The number of methoxy groups -OCH3 is 1. The van der Waals surface area contributed by atoms with Gasteiger partial charge in [-0.05, 0) is 74.2 Å². The van der Waals surface area contributed by atoms with Crippen LogP contribution in [0, 0.1) is 17.0 Å². The van der Waals surface area contributed by atoms with Crippen LogP contribution in [0.15, 0.2) is 64.5 Å². The third-order valence-electron chi connectivity index (χ3n) is 6.62. The van der Waals surface area contributed by atoms with E-state index >= 15 is 0 Å². The van der Waals surface area contributed by atoms with Crippen molar-refractivity contribution >= 4 is 28.8 Å². The third kappa shape index (κ3) is 6.14. The largest absolute Gasteiger partial charge is 0.496 e. The predicted octanol–water partition coefficient (Wildman–Crippen LogP) is 5.62. The summed E-state index contributed by atoms with van der Waals surface area (Å²) in [5.41, 5.74) is 2.55. The van der Waals surface area contributed by atoms with Gasteiger partial charge in [0, 0.05) is 17.2 Å². The van der Waals surface area contributed by atoms with E-state index in [0.29, 0.717) is 27.9 Å². The molecule has 0 aliphatic heterocycles. The number of carbonyl (C=O) groups excluding carboxylic acids is 1. The second-order valence-electron chi connectivity index (χ2n) is 9.87. The first-order chi connectivity index (χ1) is 20.0. The molecule has 0 fully saturated rings. The minimum Gasteiger partial charge on any atom is -0.496 e. The van der Waals surface area contributed by atoms with Crippen LogP contribution in [-0.2, 0) is 9.53 Å². The van der Waals surface area contributed by atoms with Crippen molar-refractivity contribution in [3.63, 3.8) is 0 Å². The van der Waals surface area contributed by atoms with E-state index in [1.54, 1.807) is 44.4 Å². The number of aryl methyl sites for hydroxylation is 1. The molecule has 0 N–H and O–H groups in total. The smallest absolute Gasteiger partial charge is 0.347 e. The number of nitro groups is 1. The lowest BCUT2D eigenvalue weighted by Gasteiger charge is -2.17. The van der Waals surface area contributed by atoms with Gasteiger partial charge in [0.25, 0.3) is 5.56 Å². The summed E-state index contributed by atoms with van der Waals surface area (Å²) < 4.78 is 17.2. The molecule has 0 saturated carbocycles. The van der Waals surface area contributed by atoms with Gasteiger partial charge < -0.3 is 14.2 Å². The van der Waals surface area contributed by atoms with Crippen molar-refractivity contribution in [1.82, 2.24) is 9.66 Å². The number of para-hydroxylation sites is 1. The van der Waals surface area contributed by atoms with Gasteiger partial charge in [-0.3, -0.25) is 14.9 Å². The quantitative estimate of drug-likeness (QED) is 0.103. The van der Waals surface area contributed by atoms with Crippen LogP contribution in [0.3, 0.4) is 0 Å². The van der Waals surface area contributed by atoms with E-state index in [2.05, 4.69) is 5.10 Å². The standard InChI is InChI=1S/C31H32N4O7/c1-7-41-31(37)20(5)42-27-13-12-21(15-26(27)35(38)39)17-32-34-29(33-25-11-9-8-10-22(25)30(34)36)24-16-23(18(2)3)28(40-6)14-19(24)4/h8-18,20H,7H2,1-6H3/t20-/m1/s1. The number of nitro benzene ring substituents is 1. The molecule has 0 spiro atoms. The zero-order valence-corrected chi connectivity index (χ0v) is 24.3. The molecule has 0 aliphatic rings. The van der Waals surface area contributed by atoms with E-state index in [1.807, 2.05) is 32.9 Å². The van der Waals surface area contributed by atoms with Crippen molar-refractivity contribution in [2.24, 2.45) is 5.10 Å². The maximum atomic E-state index is 13.7. The fourth-order valence-corrected chi connectivity index (χ4v) is 4.45. The molecule has 0 unspecified atom stereocenters. The summed E-state index contributed by atoms with van der Waals surface area (Å²) in [4.78, 5) is 41.7. The summed E-state index contributed by atoms with van der Waals surface area (Å²) in [7, 11) is 1.61. The number of hydrogen-bond acceptors (Lipinski definition) is 9. The van der Waals surface area contributed by atoms with Crippen molar-refractivity contribution in [2.45, 2.75) is 46.6 Å². The summed E-state index contributed by atoms with van der Waals surface area (Å²) in [6.07, 6.45) is 0.297. The van der Waals surface area contributed by atoms with Gasteiger partial charge in [0.2, 0.25) is 0 Å².